The van der Waals surface area contributed by atoms with Crippen LogP contribution in [0.15, 0.2) is 35.6 Å². The number of nitrogens with two attached hydrogens (primary N) is 1. The highest BCUT2D eigenvalue weighted by molar-refractivity contribution is 5.88. The van der Waals surface area contributed by atoms with Crippen LogP contribution in [-0.2, 0) is 16.2 Å². The van der Waals surface area contributed by atoms with Gasteiger partial charge in [-0.15, -0.1) is 0 Å². The zero-order valence-corrected chi connectivity index (χ0v) is 17.5. The maximum atomic E-state index is 13.8. The first-order chi connectivity index (χ1) is 13.5. The van der Waals surface area contributed by atoms with Crippen LogP contribution < -0.4 is 11.1 Å². The van der Waals surface area contributed by atoms with Gasteiger partial charge in [0.05, 0.1) is 11.6 Å². The average Bonchev–Trinajstić information content (AvgIpc) is 2.58. The van der Waals surface area contributed by atoms with E-state index in [1.807, 2.05) is 13.8 Å². The Morgan fingerprint density at radius 2 is 2.07 bits per heavy atom. The van der Waals surface area contributed by atoms with Crippen molar-refractivity contribution in [1.82, 2.24) is 10.3 Å². The number of carbonyl (C=O) groups is 1. The number of aromatic nitrogens is 1. The Morgan fingerprint density at radius 1 is 1.34 bits per heavy atom. The van der Waals surface area contributed by atoms with E-state index < -0.39 is 17.7 Å². The number of ether oxygens (including phenoxy) is 1. The lowest BCUT2D eigenvalue weighted by Crippen LogP contribution is -2.47. The number of hydrogen-bond acceptors (Lipinski definition) is 5. The maximum absolute atomic E-state index is 13.8. The number of halogens is 1. The third kappa shape index (κ3) is 7.21. The Bertz CT molecular complexity index is 878. The molecule has 1 aromatic heterocycles. The molecule has 1 atom stereocenters. The maximum Gasteiger partial charge on any atom is 0.408 e. The molecule has 0 radical (unpaired) electrons. The van der Waals surface area contributed by atoms with E-state index in [-0.39, 0.29) is 24.2 Å². The van der Waals surface area contributed by atoms with Gasteiger partial charge in [0.1, 0.15) is 18.0 Å². The zero-order chi connectivity index (χ0) is 21.6. The standard InChI is InChI=1S/C21H29FN4O3/c1-13(2)9-17(25-20(27)29-21(3,4)5)19(23)26-28-12-15-11-16(22)10-14-7-6-8-24-18(14)15/h6-8,10-11,13,17H,9,12H2,1-5H3,(H2,23,26)(H,25,27). The second-order valence-corrected chi connectivity index (χ2v) is 8.26. The fourth-order valence-electron chi connectivity index (χ4n) is 2.75. The molecule has 1 unspecified atom stereocenters. The predicted octanol–water partition coefficient (Wildman–Crippen LogP) is 4.10. The van der Waals surface area contributed by atoms with Crippen LogP contribution in [-0.4, -0.2) is 28.6 Å². The van der Waals surface area contributed by atoms with Gasteiger partial charge in [0.2, 0.25) is 0 Å². The summed E-state index contributed by atoms with van der Waals surface area (Å²) in [6.45, 7) is 9.34. The summed E-state index contributed by atoms with van der Waals surface area (Å²) in [5.41, 5.74) is 6.61. The van der Waals surface area contributed by atoms with Gasteiger partial charge in [-0.2, -0.15) is 0 Å². The van der Waals surface area contributed by atoms with Gasteiger partial charge in [-0.05, 0) is 51.3 Å². The van der Waals surface area contributed by atoms with Gasteiger partial charge in [-0.1, -0.05) is 25.1 Å². The summed E-state index contributed by atoms with van der Waals surface area (Å²) >= 11 is 0. The van der Waals surface area contributed by atoms with E-state index in [9.17, 15) is 9.18 Å². The van der Waals surface area contributed by atoms with Crippen molar-refractivity contribution < 1.29 is 18.8 Å². The molecule has 1 heterocycles. The van der Waals surface area contributed by atoms with Crippen LogP contribution >= 0.6 is 0 Å². The van der Waals surface area contributed by atoms with Gasteiger partial charge in [0, 0.05) is 17.1 Å². The summed E-state index contributed by atoms with van der Waals surface area (Å²) in [6, 6.07) is 5.72. The van der Waals surface area contributed by atoms with Crippen LogP contribution in [0.2, 0.25) is 0 Å². The SMILES string of the molecule is CC(C)CC(NC(=O)OC(C)(C)C)/C(N)=N/OCc1cc(F)cc2cccnc12. The van der Waals surface area contributed by atoms with Crippen LogP contribution in [0.25, 0.3) is 10.9 Å². The Morgan fingerprint density at radius 3 is 2.72 bits per heavy atom. The normalized spacial score (nSPS) is 13.4. The minimum absolute atomic E-state index is 0.00713. The van der Waals surface area contributed by atoms with Crippen LogP contribution in [0, 0.1) is 11.7 Å². The fourth-order valence-corrected chi connectivity index (χ4v) is 2.75. The molecule has 0 saturated carbocycles. The lowest BCUT2D eigenvalue weighted by molar-refractivity contribution is 0.0512. The molecule has 7 nitrogen and oxygen atoms in total. The van der Waals surface area contributed by atoms with Gasteiger partial charge in [-0.3, -0.25) is 4.98 Å². The first-order valence-corrected chi connectivity index (χ1v) is 9.53. The monoisotopic (exact) mass is 404 g/mol. The minimum atomic E-state index is -0.625. The van der Waals surface area contributed by atoms with E-state index in [0.717, 1.165) is 0 Å². The number of nitrogens with zero attached hydrogens (tertiary/aromatic N) is 2. The molecule has 0 aliphatic heterocycles. The first kappa shape index (κ1) is 22.4. The van der Waals surface area contributed by atoms with E-state index in [1.54, 1.807) is 39.1 Å². The molecule has 0 saturated heterocycles. The summed E-state index contributed by atoms with van der Waals surface area (Å²) in [5, 5.41) is 7.33. The van der Waals surface area contributed by atoms with Crippen molar-refractivity contribution in [2.45, 2.75) is 59.3 Å². The quantitative estimate of drug-likeness (QED) is 0.411. The van der Waals surface area contributed by atoms with Crippen LogP contribution in [0.5, 0.6) is 0 Å². The number of amides is 1. The summed E-state index contributed by atoms with van der Waals surface area (Å²) in [7, 11) is 0. The Hall–Kier alpha value is -2.90. The molecule has 1 aromatic carbocycles. The second-order valence-electron chi connectivity index (χ2n) is 8.26. The summed E-state index contributed by atoms with van der Waals surface area (Å²) < 4.78 is 19.1. The van der Waals surface area contributed by atoms with Gasteiger partial charge in [0.25, 0.3) is 0 Å². The number of amidine groups is 1. The van der Waals surface area contributed by atoms with E-state index in [4.69, 9.17) is 15.3 Å². The highest BCUT2D eigenvalue weighted by Crippen LogP contribution is 2.19. The number of nitrogens with one attached hydrogen (secondary N) is 1. The molecular formula is C21H29FN4O3. The molecule has 0 spiro atoms. The summed E-state index contributed by atoms with van der Waals surface area (Å²) in [6.07, 6.45) is 1.61. The summed E-state index contributed by atoms with van der Waals surface area (Å²) in [4.78, 5) is 21.7. The molecule has 158 valence electrons. The van der Waals surface area contributed by atoms with Crippen LogP contribution in [0.1, 0.15) is 46.6 Å². The number of pyridine rings is 1. The van der Waals surface area contributed by atoms with Crippen molar-refractivity contribution >= 4 is 22.8 Å². The lowest BCUT2D eigenvalue weighted by atomic mass is 10.0. The van der Waals surface area contributed by atoms with Crippen molar-refractivity contribution in [3.05, 3.63) is 41.8 Å². The molecule has 2 aromatic rings. The molecule has 29 heavy (non-hydrogen) atoms. The molecule has 0 bridgehead atoms. The smallest absolute Gasteiger partial charge is 0.408 e. The second kappa shape index (κ2) is 9.54. The number of fused-ring (bicyclic) bond motifs is 1. The van der Waals surface area contributed by atoms with Crippen molar-refractivity contribution in [1.29, 1.82) is 0 Å². The number of carbonyl (C=O) groups excluding carboxylic acids is 1. The van der Waals surface area contributed by atoms with Crippen LogP contribution in [0.3, 0.4) is 0 Å². The number of rotatable bonds is 7. The van der Waals surface area contributed by atoms with Crippen molar-refractivity contribution in [3.63, 3.8) is 0 Å². The zero-order valence-electron chi connectivity index (χ0n) is 17.5. The van der Waals surface area contributed by atoms with Gasteiger partial charge in [0.15, 0.2) is 5.84 Å². The molecule has 1 amide bonds. The average molecular weight is 404 g/mol. The van der Waals surface area contributed by atoms with Crippen molar-refractivity contribution in [2.24, 2.45) is 16.8 Å². The highest BCUT2D eigenvalue weighted by Gasteiger charge is 2.23. The van der Waals surface area contributed by atoms with E-state index in [1.165, 1.54) is 12.1 Å². The van der Waals surface area contributed by atoms with Gasteiger partial charge >= 0.3 is 6.09 Å². The molecule has 0 aliphatic rings. The Labute approximate surface area is 170 Å². The minimum Gasteiger partial charge on any atom is -0.444 e. The van der Waals surface area contributed by atoms with Gasteiger partial charge < -0.3 is 20.6 Å². The van der Waals surface area contributed by atoms with Gasteiger partial charge in [-0.25, -0.2) is 9.18 Å². The third-order valence-electron chi connectivity index (χ3n) is 3.89. The predicted molar refractivity (Wildman–Crippen MR) is 111 cm³/mol. The first-order valence-electron chi connectivity index (χ1n) is 9.53. The lowest BCUT2D eigenvalue weighted by Gasteiger charge is -2.24. The summed E-state index contributed by atoms with van der Waals surface area (Å²) in [5.74, 6) is -0.0244. The van der Waals surface area contributed by atoms with E-state index in [0.29, 0.717) is 22.9 Å². The Kier molecular flexibility index (Phi) is 7.36. The Balaban J connectivity index is 2.09. The number of alkyl carbamates (subject to hydrolysis) is 1. The van der Waals surface area contributed by atoms with E-state index in [2.05, 4.69) is 15.5 Å². The molecular weight excluding hydrogens is 375 g/mol. The molecule has 0 fully saturated rings. The molecule has 0 aliphatic carbocycles. The van der Waals surface area contributed by atoms with E-state index >= 15 is 0 Å². The van der Waals surface area contributed by atoms with Crippen molar-refractivity contribution in [2.75, 3.05) is 0 Å². The third-order valence-corrected chi connectivity index (χ3v) is 3.89. The number of benzene rings is 1. The molecule has 8 heteroatoms. The molecule has 2 rings (SSSR count). The topological polar surface area (TPSA) is 98.8 Å². The molecule has 3 N–H and O–H groups in total. The number of hydrogen-bond donors (Lipinski definition) is 2. The van der Waals surface area contributed by atoms with Crippen LogP contribution in [0.4, 0.5) is 9.18 Å². The number of oxime groups is 1. The largest absolute Gasteiger partial charge is 0.444 e. The highest BCUT2D eigenvalue weighted by atomic mass is 19.1. The fraction of sp³-hybridized carbons (Fsp3) is 0.476. The van der Waals surface area contributed by atoms with Crippen molar-refractivity contribution in [3.8, 4) is 0 Å².